The summed E-state index contributed by atoms with van der Waals surface area (Å²) < 4.78 is 0. The smallest absolute Gasteiger partial charge is 0.132 e. The lowest BCUT2D eigenvalue weighted by atomic mass is 9.75. The highest BCUT2D eigenvalue weighted by Crippen LogP contribution is 2.11. The van der Waals surface area contributed by atoms with Crippen LogP contribution in [0, 0.1) is 0 Å². The van der Waals surface area contributed by atoms with Gasteiger partial charge in [-0.1, -0.05) is 37.3 Å². The van der Waals surface area contributed by atoms with Crippen molar-refractivity contribution in [3.8, 4) is 0 Å². The summed E-state index contributed by atoms with van der Waals surface area (Å²) >= 11 is 0. The van der Waals surface area contributed by atoms with Gasteiger partial charge in [0.25, 0.3) is 0 Å². The third kappa shape index (κ3) is 1.61. The molecule has 1 rings (SSSR count). The van der Waals surface area contributed by atoms with Crippen LogP contribution >= 0.6 is 0 Å². The summed E-state index contributed by atoms with van der Waals surface area (Å²) in [5.41, 5.74) is 6.83. The lowest BCUT2D eigenvalue weighted by Crippen LogP contribution is -2.32. The zero-order valence-corrected chi connectivity index (χ0v) is 6.46. The van der Waals surface area contributed by atoms with Crippen molar-refractivity contribution < 1.29 is 0 Å². The van der Waals surface area contributed by atoms with Crippen molar-refractivity contribution in [1.29, 1.82) is 0 Å². The molecule has 0 aromatic heterocycles. The molecule has 0 saturated carbocycles. The van der Waals surface area contributed by atoms with Gasteiger partial charge in [-0.2, -0.15) is 0 Å². The standard InChI is InChI=1S/C8H12BN/c1-8(9,10)7-5-3-2-4-6-7/h2-6H,9-10H2,1H3/t8-/m0/s1. The molecular formula is C8H12BN. The van der Waals surface area contributed by atoms with Gasteiger partial charge in [-0.05, 0) is 5.56 Å². The Bertz CT molecular complexity index is 200. The monoisotopic (exact) mass is 133 g/mol. The van der Waals surface area contributed by atoms with E-state index in [-0.39, 0.29) is 5.44 Å². The molecule has 1 aromatic rings. The molecule has 2 heteroatoms. The summed E-state index contributed by atoms with van der Waals surface area (Å²) in [6.45, 7) is 2.00. The van der Waals surface area contributed by atoms with E-state index in [1.807, 2.05) is 45.1 Å². The predicted octanol–water partition coefficient (Wildman–Crippen LogP) is 0.451. The zero-order valence-electron chi connectivity index (χ0n) is 6.46. The minimum atomic E-state index is -0.207. The van der Waals surface area contributed by atoms with Gasteiger partial charge in [0.05, 0.1) is 0 Å². The van der Waals surface area contributed by atoms with Gasteiger partial charge in [0.15, 0.2) is 0 Å². The van der Waals surface area contributed by atoms with Crippen molar-refractivity contribution in [2.24, 2.45) is 5.73 Å². The molecule has 1 nitrogen and oxygen atoms in total. The highest BCUT2D eigenvalue weighted by Gasteiger charge is 2.11. The maximum Gasteiger partial charge on any atom is 0.132 e. The Balaban J connectivity index is 2.97. The second kappa shape index (κ2) is 2.47. The van der Waals surface area contributed by atoms with E-state index < -0.39 is 0 Å². The van der Waals surface area contributed by atoms with Gasteiger partial charge in [0.2, 0.25) is 0 Å². The maximum atomic E-state index is 5.86. The van der Waals surface area contributed by atoms with Crippen LogP contribution in [0.25, 0.3) is 0 Å². The van der Waals surface area contributed by atoms with Crippen molar-refractivity contribution in [1.82, 2.24) is 0 Å². The van der Waals surface area contributed by atoms with E-state index in [4.69, 9.17) is 5.73 Å². The van der Waals surface area contributed by atoms with Crippen molar-refractivity contribution in [3.63, 3.8) is 0 Å². The molecule has 0 aliphatic carbocycles. The summed E-state index contributed by atoms with van der Waals surface area (Å²) in [5.74, 6) is 0. The summed E-state index contributed by atoms with van der Waals surface area (Å²) in [6, 6.07) is 10.1. The molecule has 0 aliphatic heterocycles. The number of hydrogen-bond acceptors (Lipinski definition) is 1. The van der Waals surface area contributed by atoms with Gasteiger partial charge < -0.3 is 5.73 Å². The van der Waals surface area contributed by atoms with Gasteiger partial charge >= 0.3 is 0 Å². The number of rotatable bonds is 1. The topological polar surface area (TPSA) is 26.0 Å². The van der Waals surface area contributed by atoms with Crippen molar-refractivity contribution >= 4 is 7.85 Å². The Morgan fingerprint density at radius 3 is 2.10 bits per heavy atom. The van der Waals surface area contributed by atoms with Crippen LogP contribution in [0.1, 0.15) is 12.5 Å². The first-order chi connectivity index (χ1) is 4.61. The van der Waals surface area contributed by atoms with Crippen LogP contribution in [-0.4, -0.2) is 7.85 Å². The number of hydrogen-bond donors (Lipinski definition) is 1. The molecule has 0 saturated heterocycles. The van der Waals surface area contributed by atoms with E-state index >= 15 is 0 Å². The highest BCUT2D eigenvalue weighted by atomic mass is 14.7. The molecule has 0 aliphatic rings. The first kappa shape index (κ1) is 7.35. The third-order valence-corrected chi connectivity index (χ3v) is 1.52. The average Bonchev–Trinajstić information content (AvgIpc) is 1.88. The second-order valence-corrected chi connectivity index (χ2v) is 3.09. The molecule has 10 heavy (non-hydrogen) atoms. The van der Waals surface area contributed by atoms with Gasteiger partial charge in [-0.3, -0.25) is 0 Å². The fourth-order valence-electron chi connectivity index (χ4n) is 0.868. The van der Waals surface area contributed by atoms with Gasteiger partial charge in [0, 0.05) is 5.44 Å². The minimum absolute atomic E-state index is 0.207. The molecular weight excluding hydrogens is 121 g/mol. The number of benzene rings is 1. The van der Waals surface area contributed by atoms with Crippen LogP contribution in [0.2, 0.25) is 0 Å². The van der Waals surface area contributed by atoms with E-state index in [2.05, 4.69) is 0 Å². The molecule has 0 spiro atoms. The number of nitrogens with two attached hydrogens (primary N) is 1. The van der Waals surface area contributed by atoms with Crippen LogP contribution in [0.3, 0.4) is 0 Å². The Morgan fingerprint density at radius 2 is 1.80 bits per heavy atom. The first-order valence-electron chi connectivity index (χ1n) is 3.45. The SMILES string of the molecule is B[C@@](C)(N)c1ccccc1. The molecule has 0 bridgehead atoms. The third-order valence-electron chi connectivity index (χ3n) is 1.52. The van der Waals surface area contributed by atoms with E-state index in [1.54, 1.807) is 0 Å². The maximum absolute atomic E-state index is 5.86. The van der Waals surface area contributed by atoms with Gasteiger partial charge in [-0.25, -0.2) is 0 Å². The van der Waals surface area contributed by atoms with E-state index in [9.17, 15) is 0 Å². The lowest BCUT2D eigenvalue weighted by molar-refractivity contribution is 0.719. The molecule has 0 radical (unpaired) electrons. The molecule has 0 fully saturated rings. The zero-order chi connectivity index (χ0) is 7.61. The van der Waals surface area contributed by atoms with E-state index in [0.717, 1.165) is 0 Å². The molecule has 1 atom stereocenters. The molecule has 1 aromatic carbocycles. The van der Waals surface area contributed by atoms with Crippen molar-refractivity contribution in [2.45, 2.75) is 12.4 Å². The highest BCUT2D eigenvalue weighted by molar-refractivity contribution is 6.15. The van der Waals surface area contributed by atoms with Crippen molar-refractivity contribution in [3.05, 3.63) is 35.9 Å². The molecule has 2 N–H and O–H groups in total. The largest absolute Gasteiger partial charge is 0.329 e. The van der Waals surface area contributed by atoms with Crippen LogP contribution in [0.15, 0.2) is 30.3 Å². The van der Waals surface area contributed by atoms with Crippen LogP contribution < -0.4 is 5.73 Å². The molecule has 0 unspecified atom stereocenters. The fraction of sp³-hybridized carbons (Fsp3) is 0.250. The predicted molar refractivity (Wildman–Crippen MR) is 46.5 cm³/mol. The van der Waals surface area contributed by atoms with Crippen LogP contribution in [0.5, 0.6) is 0 Å². The first-order valence-corrected chi connectivity index (χ1v) is 3.45. The lowest BCUT2D eigenvalue weighted by Gasteiger charge is -2.18. The summed E-state index contributed by atoms with van der Waals surface area (Å²) in [5, 5.41) is 0. The van der Waals surface area contributed by atoms with Gasteiger partial charge in [0.1, 0.15) is 7.85 Å². The normalized spacial score (nSPS) is 16.2. The minimum Gasteiger partial charge on any atom is -0.329 e. The molecule has 0 heterocycles. The van der Waals surface area contributed by atoms with E-state index in [0.29, 0.717) is 0 Å². The molecule has 52 valence electrons. The van der Waals surface area contributed by atoms with Gasteiger partial charge in [-0.15, -0.1) is 0 Å². The van der Waals surface area contributed by atoms with Crippen LogP contribution in [-0.2, 0) is 5.44 Å². The summed E-state index contributed by atoms with van der Waals surface area (Å²) in [7, 11) is 2.00. The Hall–Kier alpha value is -0.755. The Kier molecular flexibility index (Phi) is 1.81. The quantitative estimate of drug-likeness (QED) is 0.553. The van der Waals surface area contributed by atoms with Crippen molar-refractivity contribution in [2.75, 3.05) is 0 Å². The van der Waals surface area contributed by atoms with Crippen LogP contribution in [0.4, 0.5) is 0 Å². The Labute approximate surface area is 62.7 Å². The fourth-order valence-corrected chi connectivity index (χ4v) is 0.868. The Morgan fingerprint density at radius 1 is 1.30 bits per heavy atom. The second-order valence-electron chi connectivity index (χ2n) is 3.09. The molecule has 0 amide bonds. The summed E-state index contributed by atoms with van der Waals surface area (Å²) in [6.07, 6.45) is 0. The van der Waals surface area contributed by atoms with E-state index in [1.165, 1.54) is 5.56 Å². The summed E-state index contributed by atoms with van der Waals surface area (Å²) in [4.78, 5) is 0. The average molecular weight is 133 g/mol.